The second-order valence-electron chi connectivity index (χ2n) is 3.70. The highest BCUT2D eigenvalue weighted by atomic mass is 32.2. The van der Waals surface area contributed by atoms with Crippen molar-refractivity contribution < 1.29 is 14.7 Å². The molecule has 2 amide bonds. The standard InChI is InChI=1S/C11H16N4O3S/c1-19-5-3-9(10(16)17)15-11(18)13-6-8-2-4-12-7-14-8/h2,4,7,9H,3,5-6H2,1H3,(H,16,17)(H2,13,15,18). The molecule has 1 heterocycles. The molecule has 19 heavy (non-hydrogen) atoms. The molecule has 3 N–H and O–H groups in total. The smallest absolute Gasteiger partial charge is 0.326 e. The summed E-state index contributed by atoms with van der Waals surface area (Å²) in [5.74, 6) is -0.366. The molecule has 0 spiro atoms. The van der Waals surface area contributed by atoms with Crippen molar-refractivity contribution in [2.24, 2.45) is 0 Å². The van der Waals surface area contributed by atoms with E-state index in [0.29, 0.717) is 17.9 Å². The second kappa shape index (κ2) is 8.30. The van der Waals surface area contributed by atoms with Gasteiger partial charge in [0, 0.05) is 6.20 Å². The van der Waals surface area contributed by atoms with Crippen LogP contribution in [0.25, 0.3) is 0 Å². The predicted molar refractivity (Wildman–Crippen MR) is 71.8 cm³/mol. The summed E-state index contributed by atoms with van der Waals surface area (Å²) < 4.78 is 0. The fourth-order valence-corrected chi connectivity index (χ4v) is 1.77. The lowest BCUT2D eigenvalue weighted by Crippen LogP contribution is -2.46. The molecule has 0 aliphatic heterocycles. The third kappa shape index (κ3) is 6.05. The van der Waals surface area contributed by atoms with Gasteiger partial charge in [0.15, 0.2) is 0 Å². The van der Waals surface area contributed by atoms with E-state index < -0.39 is 18.0 Å². The zero-order chi connectivity index (χ0) is 14.1. The van der Waals surface area contributed by atoms with Gasteiger partial charge in [-0.15, -0.1) is 0 Å². The number of amides is 2. The fourth-order valence-electron chi connectivity index (χ4n) is 1.30. The van der Waals surface area contributed by atoms with Crippen LogP contribution in [0.3, 0.4) is 0 Å². The highest BCUT2D eigenvalue weighted by molar-refractivity contribution is 7.98. The Morgan fingerprint density at radius 1 is 1.53 bits per heavy atom. The summed E-state index contributed by atoms with van der Waals surface area (Å²) >= 11 is 1.53. The van der Waals surface area contributed by atoms with Crippen molar-refractivity contribution in [3.05, 3.63) is 24.3 Å². The molecule has 1 unspecified atom stereocenters. The topological polar surface area (TPSA) is 104 Å². The van der Waals surface area contributed by atoms with Crippen LogP contribution in [0.1, 0.15) is 12.1 Å². The summed E-state index contributed by atoms with van der Waals surface area (Å²) in [6, 6.07) is 0.271. The number of hydrogen-bond donors (Lipinski definition) is 3. The number of aliphatic carboxylic acids is 1. The lowest BCUT2D eigenvalue weighted by atomic mass is 10.2. The lowest BCUT2D eigenvalue weighted by molar-refractivity contribution is -0.139. The summed E-state index contributed by atoms with van der Waals surface area (Å²) in [4.78, 5) is 30.2. The number of urea groups is 1. The van der Waals surface area contributed by atoms with Gasteiger partial charge in [-0.25, -0.2) is 19.6 Å². The largest absolute Gasteiger partial charge is 0.480 e. The van der Waals surface area contributed by atoms with Crippen LogP contribution >= 0.6 is 11.8 Å². The van der Waals surface area contributed by atoms with E-state index in [4.69, 9.17) is 5.11 Å². The molecule has 7 nitrogen and oxygen atoms in total. The Morgan fingerprint density at radius 2 is 2.32 bits per heavy atom. The summed E-state index contributed by atoms with van der Waals surface area (Å²) in [5, 5.41) is 13.9. The summed E-state index contributed by atoms with van der Waals surface area (Å²) in [6.07, 6.45) is 5.22. The Labute approximate surface area is 115 Å². The Hall–Kier alpha value is -1.83. The zero-order valence-electron chi connectivity index (χ0n) is 10.5. The molecule has 0 bridgehead atoms. The maximum absolute atomic E-state index is 11.6. The first-order chi connectivity index (χ1) is 9.13. The highest BCUT2D eigenvalue weighted by Crippen LogP contribution is 2.01. The number of thioether (sulfide) groups is 1. The van der Waals surface area contributed by atoms with Gasteiger partial charge in [0.1, 0.15) is 12.4 Å². The van der Waals surface area contributed by atoms with Crippen LogP contribution in [-0.2, 0) is 11.3 Å². The van der Waals surface area contributed by atoms with E-state index >= 15 is 0 Å². The van der Waals surface area contributed by atoms with Crippen molar-refractivity contribution in [1.82, 2.24) is 20.6 Å². The summed E-state index contributed by atoms with van der Waals surface area (Å²) in [5.41, 5.74) is 0.654. The molecule has 1 aromatic heterocycles. The highest BCUT2D eigenvalue weighted by Gasteiger charge is 2.18. The van der Waals surface area contributed by atoms with Gasteiger partial charge in [0.2, 0.25) is 0 Å². The Bertz CT molecular complexity index is 416. The average Bonchev–Trinajstić information content (AvgIpc) is 2.42. The molecule has 0 aliphatic carbocycles. The number of carboxylic acids is 1. The van der Waals surface area contributed by atoms with Crippen LogP contribution in [0.15, 0.2) is 18.6 Å². The Kier molecular flexibility index (Phi) is 6.65. The third-order valence-electron chi connectivity index (χ3n) is 2.29. The molecule has 0 aliphatic rings. The van der Waals surface area contributed by atoms with E-state index in [1.165, 1.54) is 18.1 Å². The third-order valence-corrected chi connectivity index (χ3v) is 2.93. The van der Waals surface area contributed by atoms with Crippen molar-refractivity contribution in [3.8, 4) is 0 Å². The molecule has 8 heteroatoms. The van der Waals surface area contributed by atoms with Crippen LogP contribution in [0, 0.1) is 0 Å². The first-order valence-corrected chi connectivity index (χ1v) is 7.04. The average molecular weight is 284 g/mol. The summed E-state index contributed by atoms with van der Waals surface area (Å²) in [7, 11) is 0. The number of nitrogens with one attached hydrogen (secondary N) is 2. The molecule has 1 aromatic rings. The van der Waals surface area contributed by atoms with Crippen LogP contribution in [0.4, 0.5) is 4.79 Å². The molecule has 0 saturated heterocycles. The zero-order valence-corrected chi connectivity index (χ0v) is 11.3. The second-order valence-corrected chi connectivity index (χ2v) is 4.69. The van der Waals surface area contributed by atoms with Crippen LogP contribution < -0.4 is 10.6 Å². The molecule has 0 fully saturated rings. The van der Waals surface area contributed by atoms with Gasteiger partial charge in [0.05, 0.1) is 12.2 Å². The fraction of sp³-hybridized carbons (Fsp3) is 0.455. The monoisotopic (exact) mass is 284 g/mol. The minimum absolute atomic E-state index is 0.225. The van der Waals surface area contributed by atoms with E-state index in [2.05, 4.69) is 20.6 Å². The molecular weight excluding hydrogens is 268 g/mol. The minimum atomic E-state index is -1.04. The van der Waals surface area contributed by atoms with E-state index in [1.807, 2.05) is 6.26 Å². The van der Waals surface area contributed by atoms with Gasteiger partial charge in [-0.1, -0.05) is 0 Å². The molecule has 104 valence electrons. The maximum atomic E-state index is 11.6. The first kappa shape index (κ1) is 15.2. The number of rotatable bonds is 7. The van der Waals surface area contributed by atoms with Crippen molar-refractivity contribution in [1.29, 1.82) is 0 Å². The van der Waals surface area contributed by atoms with Crippen molar-refractivity contribution >= 4 is 23.8 Å². The minimum Gasteiger partial charge on any atom is -0.480 e. The van der Waals surface area contributed by atoms with Gasteiger partial charge in [-0.2, -0.15) is 11.8 Å². The van der Waals surface area contributed by atoms with Crippen molar-refractivity contribution in [3.63, 3.8) is 0 Å². The van der Waals surface area contributed by atoms with Crippen molar-refractivity contribution in [2.45, 2.75) is 19.0 Å². The van der Waals surface area contributed by atoms with Crippen LogP contribution in [0.5, 0.6) is 0 Å². The molecule has 1 rings (SSSR count). The van der Waals surface area contributed by atoms with Gasteiger partial charge in [0.25, 0.3) is 0 Å². The van der Waals surface area contributed by atoms with E-state index in [-0.39, 0.29) is 6.54 Å². The molecule has 1 atom stereocenters. The number of hydrogen-bond acceptors (Lipinski definition) is 5. The van der Waals surface area contributed by atoms with Crippen molar-refractivity contribution in [2.75, 3.05) is 12.0 Å². The van der Waals surface area contributed by atoms with Crippen LogP contribution in [-0.4, -0.2) is 45.1 Å². The van der Waals surface area contributed by atoms with Gasteiger partial charge < -0.3 is 15.7 Å². The summed E-state index contributed by atoms with van der Waals surface area (Å²) in [6.45, 7) is 0.225. The SMILES string of the molecule is CSCCC(NC(=O)NCc1ccncn1)C(=O)O. The number of carbonyl (C=O) groups excluding carboxylic acids is 1. The molecule has 0 aromatic carbocycles. The molecule has 0 saturated carbocycles. The number of carboxylic acid groups (broad SMARTS) is 1. The van der Waals surface area contributed by atoms with E-state index in [0.717, 1.165) is 0 Å². The van der Waals surface area contributed by atoms with E-state index in [1.54, 1.807) is 12.3 Å². The number of carbonyl (C=O) groups is 2. The van der Waals surface area contributed by atoms with E-state index in [9.17, 15) is 9.59 Å². The molecular formula is C11H16N4O3S. The quantitative estimate of drug-likeness (QED) is 0.673. The predicted octanol–water partition coefficient (Wildman–Crippen LogP) is 0.482. The molecule has 0 radical (unpaired) electrons. The first-order valence-electron chi connectivity index (χ1n) is 5.64. The van der Waals surface area contributed by atoms with Crippen LogP contribution in [0.2, 0.25) is 0 Å². The van der Waals surface area contributed by atoms with Gasteiger partial charge in [-0.3, -0.25) is 0 Å². The maximum Gasteiger partial charge on any atom is 0.326 e. The van der Waals surface area contributed by atoms with Gasteiger partial charge in [-0.05, 0) is 24.5 Å². The number of nitrogens with zero attached hydrogens (tertiary/aromatic N) is 2. The normalized spacial score (nSPS) is 11.6. The number of aromatic nitrogens is 2. The Balaban J connectivity index is 2.38. The lowest BCUT2D eigenvalue weighted by Gasteiger charge is -2.14. The Morgan fingerprint density at radius 3 is 2.89 bits per heavy atom. The van der Waals surface area contributed by atoms with Gasteiger partial charge >= 0.3 is 12.0 Å².